The molecular formula is C11H18N4S. The molecule has 1 aromatic heterocycles. The molecule has 16 heavy (non-hydrogen) atoms. The smallest absolute Gasteiger partial charge is 0.0811 e. The summed E-state index contributed by atoms with van der Waals surface area (Å²) >= 11 is 2.05. The van der Waals surface area contributed by atoms with Gasteiger partial charge in [-0.15, -0.1) is 0 Å². The van der Waals surface area contributed by atoms with Crippen LogP contribution in [0.5, 0.6) is 0 Å². The van der Waals surface area contributed by atoms with E-state index < -0.39 is 0 Å². The first kappa shape index (κ1) is 10.6. The minimum Gasteiger partial charge on any atom is -0.325 e. The van der Waals surface area contributed by atoms with Crippen molar-refractivity contribution in [1.82, 2.24) is 15.1 Å². The van der Waals surface area contributed by atoms with Gasteiger partial charge in [0, 0.05) is 25.2 Å². The molecule has 3 N–H and O–H groups in total. The molecule has 2 aliphatic rings. The first-order chi connectivity index (χ1) is 7.90. The first-order valence-corrected chi connectivity index (χ1v) is 7.13. The maximum Gasteiger partial charge on any atom is 0.0811 e. The summed E-state index contributed by atoms with van der Waals surface area (Å²) in [6.45, 7) is 2.48. The standard InChI is InChI=1S/C11H18N4S/c12-5-11-9-6-13-7-10(9)14-15(11)8-1-3-16-4-2-8/h8,13H,1-7,12H2. The van der Waals surface area contributed by atoms with Crippen LogP contribution >= 0.6 is 11.8 Å². The number of aromatic nitrogens is 2. The van der Waals surface area contributed by atoms with Crippen molar-refractivity contribution in [2.75, 3.05) is 11.5 Å². The van der Waals surface area contributed by atoms with Crippen LogP contribution in [0.25, 0.3) is 0 Å². The molecule has 0 spiro atoms. The number of fused-ring (bicyclic) bond motifs is 1. The summed E-state index contributed by atoms with van der Waals surface area (Å²) < 4.78 is 2.23. The van der Waals surface area contributed by atoms with Crippen molar-refractivity contribution in [3.63, 3.8) is 0 Å². The Morgan fingerprint density at radius 2 is 2.19 bits per heavy atom. The normalized spacial score (nSPS) is 21.3. The molecule has 0 aliphatic carbocycles. The molecule has 0 atom stereocenters. The monoisotopic (exact) mass is 238 g/mol. The SMILES string of the molecule is NCc1c2c(nn1C1CCSCC1)CNC2. The molecule has 0 radical (unpaired) electrons. The Hall–Kier alpha value is -0.520. The van der Waals surface area contributed by atoms with Gasteiger partial charge in [0.15, 0.2) is 0 Å². The molecule has 1 saturated heterocycles. The van der Waals surface area contributed by atoms with Gasteiger partial charge in [0.05, 0.1) is 17.4 Å². The summed E-state index contributed by atoms with van der Waals surface area (Å²) in [4.78, 5) is 0. The van der Waals surface area contributed by atoms with Crippen molar-refractivity contribution < 1.29 is 0 Å². The predicted octanol–water partition coefficient (Wildman–Crippen LogP) is 1.01. The summed E-state index contributed by atoms with van der Waals surface area (Å²) in [5.74, 6) is 2.52. The van der Waals surface area contributed by atoms with Crippen molar-refractivity contribution in [2.45, 2.75) is 38.5 Å². The van der Waals surface area contributed by atoms with Crippen molar-refractivity contribution in [3.05, 3.63) is 17.0 Å². The fourth-order valence-electron chi connectivity index (χ4n) is 2.66. The Labute approximate surface area is 100.0 Å². The van der Waals surface area contributed by atoms with E-state index >= 15 is 0 Å². The van der Waals surface area contributed by atoms with E-state index in [0.717, 1.165) is 13.1 Å². The molecule has 1 aromatic rings. The second kappa shape index (κ2) is 4.39. The minimum atomic E-state index is 0.588. The Balaban J connectivity index is 1.93. The largest absolute Gasteiger partial charge is 0.325 e. The Morgan fingerprint density at radius 1 is 1.38 bits per heavy atom. The average molecular weight is 238 g/mol. The highest BCUT2D eigenvalue weighted by Crippen LogP contribution is 2.30. The summed E-state index contributed by atoms with van der Waals surface area (Å²) in [5.41, 5.74) is 9.72. The van der Waals surface area contributed by atoms with Gasteiger partial charge in [-0.25, -0.2) is 0 Å². The molecular weight excluding hydrogens is 220 g/mol. The molecule has 3 rings (SSSR count). The van der Waals surface area contributed by atoms with E-state index in [1.54, 1.807) is 0 Å². The number of thioether (sulfide) groups is 1. The third kappa shape index (κ3) is 1.67. The van der Waals surface area contributed by atoms with Gasteiger partial charge in [-0.05, 0) is 24.3 Å². The molecule has 0 bridgehead atoms. The van der Waals surface area contributed by atoms with E-state index in [1.165, 1.54) is 41.3 Å². The fourth-order valence-corrected chi connectivity index (χ4v) is 3.74. The lowest BCUT2D eigenvalue weighted by Gasteiger charge is -2.24. The van der Waals surface area contributed by atoms with E-state index in [2.05, 4.69) is 21.8 Å². The van der Waals surface area contributed by atoms with Crippen LogP contribution in [-0.2, 0) is 19.6 Å². The number of nitrogens with one attached hydrogen (secondary N) is 1. The van der Waals surface area contributed by atoms with Gasteiger partial charge >= 0.3 is 0 Å². The second-order valence-electron chi connectivity index (χ2n) is 4.47. The number of rotatable bonds is 2. The summed E-state index contributed by atoms with van der Waals surface area (Å²) in [6, 6.07) is 0.588. The topological polar surface area (TPSA) is 55.9 Å². The minimum absolute atomic E-state index is 0.588. The van der Waals surface area contributed by atoms with Crippen molar-refractivity contribution in [3.8, 4) is 0 Å². The molecule has 88 valence electrons. The first-order valence-electron chi connectivity index (χ1n) is 5.98. The lowest BCUT2D eigenvalue weighted by molar-refractivity contribution is 0.407. The zero-order chi connectivity index (χ0) is 11.0. The number of hydrogen-bond acceptors (Lipinski definition) is 4. The molecule has 0 unspecified atom stereocenters. The van der Waals surface area contributed by atoms with Gasteiger partial charge in [-0.1, -0.05) is 0 Å². The van der Waals surface area contributed by atoms with Crippen LogP contribution in [0, 0.1) is 0 Å². The van der Waals surface area contributed by atoms with E-state index in [-0.39, 0.29) is 0 Å². The summed E-state index contributed by atoms with van der Waals surface area (Å²) in [5, 5.41) is 8.09. The number of hydrogen-bond donors (Lipinski definition) is 2. The van der Waals surface area contributed by atoms with Crippen LogP contribution in [0.1, 0.15) is 35.8 Å². The maximum absolute atomic E-state index is 5.88. The van der Waals surface area contributed by atoms with E-state index in [4.69, 9.17) is 10.8 Å². The number of nitrogens with two attached hydrogens (primary N) is 1. The second-order valence-corrected chi connectivity index (χ2v) is 5.69. The number of nitrogens with zero attached hydrogens (tertiary/aromatic N) is 2. The van der Waals surface area contributed by atoms with Crippen LogP contribution < -0.4 is 11.1 Å². The van der Waals surface area contributed by atoms with Crippen LogP contribution in [0.2, 0.25) is 0 Å². The highest BCUT2D eigenvalue weighted by Gasteiger charge is 2.25. The molecule has 0 saturated carbocycles. The van der Waals surface area contributed by atoms with Gasteiger partial charge < -0.3 is 11.1 Å². The molecule has 4 nitrogen and oxygen atoms in total. The Bertz CT molecular complexity index is 382. The zero-order valence-corrected chi connectivity index (χ0v) is 10.2. The third-order valence-corrected chi connectivity index (χ3v) is 4.57. The zero-order valence-electron chi connectivity index (χ0n) is 9.41. The summed E-state index contributed by atoms with van der Waals surface area (Å²) in [7, 11) is 0. The molecule has 5 heteroatoms. The lowest BCUT2D eigenvalue weighted by Crippen LogP contribution is -2.21. The molecule has 0 aromatic carbocycles. The van der Waals surface area contributed by atoms with Crippen LogP contribution in [0.15, 0.2) is 0 Å². The maximum atomic E-state index is 5.88. The van der Waals surface area contributed by atoms with Crippen molar-refractivity contribution in [2.24, 2.45) is 5.73 Å². The molecule has 1 fully saturated rings. The van der Waals surface area contributed by atoms with Gasteiger partial charge in [-0.3, -0.25) is 4.68 Å². The van der Waals surface area contributed by atoms with E-state index in [0.29, 0.717) is 12.6 Å². The fraction of sp³-hybridized carbons (Fsp3) is 0.727. The van der Waals surface area contributed by atoms with E-state index in [9.17, 15) is 0 Å². The van der Waals surface area contributed by atoms with Gasteiger partial charge in [0.25, 0.3) is 0 Å². The van der Waals surface area contributed by atoms with Crippen LogP contribution in [0.3, 0.4) is 0 Å². The molecule has 3 heterocycles. The Morgan fingerprint density at radius 3 is 2.94 bits per heavy atom. The van der Waals surface area contributed by atoms with Crippen LogP contribution in [0.4, 0.5) is 0 Å². The highest BCUT2D eigenvalue weighted by atomic mass is 32.2. The molecule has 2 aliphatic heterocycles. The quantitative estimate of drug-likeness (QED) is 0.807. The van der Waals surface area contributed by atoms with Crippen molar-refractivity contribution >= 4 is 11.8 Å². The lowest BCUT2D eigenvalue weighted by atomic mass is 10.1. The Kier molecular flexibility index (Phi) is 2.91. The van der Waals surface area contributed by atoms with Crippen LogP contribution in [-0.4, -0.2) is 21.3 Å². The van der Waals surface area contributed by atoms with E-state index in [1.807, 2.05) is 0 Å². The van der Waals surface area contributed by atoms with Crippen molar-refractivity contribution in [1.29, 1.82) is 0 Å². The van der Waals surface area contributed by atoms with Gasteiger partial charge in [0.1, 0.15) is 0 Å². The predicted molar refractivity (Wildman–Crippen MR) is 66.3 cm³/mol. The average Bonchev–Trinajstić information content (AvgIpc) is 2.89. The molecule has 0 amide bonds. The highest BCUT2D eigenvalue weighted by molar-refractivity contribution is 7.99. The summed E-state index contributed by atoms with van der Waals surface area (Å²) in [6.07, 6.45) is 2.48. The van der Waals surface area contributed by atoms with Gasteiger partial charge in [-0.2, -0.15) is 16.9 Å². The van der Waals surface area contributed by atoms with Gasteiger partial charge in [0.2, 0.25) is 0 Å². The third-order valence-electron chi connectivity index (χ3n) is 3.53.